The number of hydrogen-bond acceptors (Lipinski definition) is 2. The zero-order valence-electron chi connectivity index (χ0n) is 8.32. The Hall–Kier alpha value is -0.550. The summed E-state index contributed by atoms with van der Waals surface area (Å²) in [5.74, 6) is 0. The fraction of sp³-hybridized carbons (Fsp3) is 0.600. The number of alkyl halides is 3. The molecule has 1 aromatic rings. The van der Waals surface area contributed by atoms with Crippen LogP contribution in [0.2, 0.25) is 0 Å². The molecule has 1 aliphatic carbocycles. The van der Waals surface area contributed by atoms with Crippen molar-refractivity contribution in [3.05, 3.63) is 21.4 Å². The summed E-state index contributed by atoms with van der Waals surface area (Å²) >= 11 is 1.18. The number of nitrogens with two attached hydrogens (primary N) is 1. The Kier molecular flexibility index (Phi) is 2.35. The summed E-state index contributed by atoms with van der Waals surface area (Å²) in [5, 5.41) is 1.21. The van der Waals surface area contributed by atoms with Crippen molar-refractivity contribution in [3.8, 4) is 0 Å². The standard InChI is InChI=1S/C10H12F3NS/c1-9(14)3-2-6-7(10(11,12)13)5-15-8(6)4-9/h5H,2-4,14H2,1H3. The van der Waals surface area contributed by atoms with E-state index >= 15 is 0 Å². The maximum atomic E-state index is 12.6. The molecule has 5 heteroatoms. The largest absolute Gasteiger partial charge is 0.417 e. The van der Waals surface area contributed by atoms with E-state index < -0.39 is 11.7 Å². The molecule has 0 aliphatic heterocycles. The first-order chi connectivity index (χ1) is 6.80. The molecular weight excluding hydrogens is 223 g/mol. The van der Waals surface area contributed by atoms with Gasteiger partial charge in [0.1, 0.15) is 0 Å². The first-order valence-electron chi connectivity index (χ1n) is 4.75. The van der Waals surface area contributed by atoms with Crippen LogP contribution in [-0.4, -0.2) is 5.54 Å². The lowest BCUT2D eigenvalue weighted by Gasteiger charge is -2.29. The van der Waals surface area contributed by atoms with E-state index in [4.69, 9.17) is 5.73 Å². The predicted octanol–water partition coefficient (Wildman–Crippen LogP) is 2.97. The number of hydrogen-bond donors (Lipinski definition) is 1. The van der Waals surface area contributed by atoms with Gasteiger partial charge in [0.15, 0.2) is 0 Å². The molecule has 1 aromatic heterocycles. The van der Waals surface area contributed by atoms with Crippen LogP contribution >= 0.6 is 11.3 Å². The molecule has 0 fully saturated rings. The van der Waals surface area contributed by atoms with Crippen molar-refractivity contribution >= 4 is 11.3 Å². The molecule has 15 heavy (non-hydrogen) atoms. The van der Waals surface area contributed by atoms with Crippen LogP contribution in [-0.2, 0) is 19.0 Å². The number of rotatable bonds is 0. The van der Waals surface area contributed by atoms with Crippen LogP contribution in [0.1, 0.15) is 29.3 Å². The van der Waals surface area contributed by atoms with E-state index in [0.29, 0.717) is 24.8 Å². The highest BCUT2D eigenvalue weighted by Gasteiger charge is 2.38. The smallest absolute Gasteiger partial charge is 0.325 e. The zero-order valence-corrected chi connectivity index (χ0v) is 9.13. The monoisotopic (exact) mass is 235 g/mol. The van der Waals surface area contributed by atoms with Gasteiger partial charge in [-0.05, 0) is 31.7 Å². The summed E-state index contributed by atoms with van der Waals surface area (Å²) in [6.45, 7) is 1.89. The van der Waals surface area contributed by atoms with E-state index in [1.807, 2.05) is 6.92 Å². The van der Waals surface area contributed by atoms with Crippen molar-refractivity contribution < 1.29 is 13.2 Å². The van der Waals surface area contributed by atoms with E-state index in [9.17, 15) is 13.2 Å². The van der Waals surface area contributed by atoms with Crippen LogP contribution in [0.4, 0.5) is 13.2 Å². The normalized spacial score (nSPS) is 26.5. The highest BCUT2D eigenvalue weighted by Crippen LogP contribution is 2.41. The molecule has 0 saturated carbocycles. The van der Waals surface area contributed by atoms with Gasteiger partial charge < -0.3 is 5.73 Å². The summed E-state index contributed by atoms with van der Waals surface area (Å²) in [7, 11) is 0. The van der Waals surface area contributed by atoms with Gasteiger partial charge in [-0.25, -0.2) is 0 Å². The minimum atomic E-state index is -4.22. The second-order valence-electron chi connectivity index (χ2n) is 4.38. The maximum absolute atomic E-state index is 12.6. The lowest BCUT2D eigenvalue weighted by atomic mass is 9.83. The van der Waals surface area contributed by atoms with Gasteiger partial charge >= 0.3 is 6.18 Å². The Labute approximate surface area is 90.1 Å². The predicted molar refractivity (Wildman–Crippen MR) is 53.9 cm³/mol. The van der Waals surface area contributed by atoms with Gasteiger partial charge in [-0.15, -0.1) is 11.3 Å². The summed E-state index contributed by atoms with van der Waals surface area (Å²) in [6.07, 6.45) is -2.59. The minimum absolute atomic E-state index is 0.347. The SMILES string of the molecule is CC1(N)CCc2c(C(F)(F)F)csc2C1. The van der Waals surface area contributed by atoms with Crippen LogP contribution in [0.5, 0.6) is 0 Å². The Bertz CT molecular complexity index is 379. The molecule has 84 valence electrons. The topological polar surface area (TPSA) is 26.0 Å². The maximum Gasteiger partial charge on any atom is 0.417 e. The molecule has 0 radical (unpaired) electrons. The Morgan fingerprint density at radius 3 is 2.73 bits per heavy atom. The number of halogens is 3. The zero-order chi connectivity index (χ0) is 11.3. The molecular formula is C10H12F3NS. The molecule has 1 unspecified atom stereocenters. The van der Waals surface area contributed by atoms with Gasteiger partial charge in [-0.1, -0.05) is 0 Å². The number of thiophene rings is 1. The molecule has 1 nitrogen and oxygen atoms in total. The van der Waals surface area contributed by atoms with Crippen LogP contribution in [0.25, 0.3) is 0 Å². The van der Waals surface area contributed by atoms with Crippen molar-refractivity contribution in [3.63, 3.8) is 0 Å². The van der Waals surface area contributed by atoms with Gasteiger partial charge in [-0.3, -0.25) is 0 Å². The molecule has 1 atom stereocenters. The molecule has 0 spiro atoms. The average Bonchev–Trinajstić information content (AvgIpc) is 2.43. The molecule has 0 amide bonds. The van der Waals surface area contributed by atoms with Gasteiger partial charge in [0.25, 0.3) is 0 Å². The molecule has 1 heterocycles. The lowest BCUT2D eigenvalue weighted by molar-refractivity contribution is -0.138. The van der Waals surface area contributed by atoms with Gasteiger partial charge in [0.2, 0.25) is 0 Å². The van der Waals surface area contributed by atoms with E-state index in [1.165, 1.54) is 16.7 Å². The van der Waals surface area contributed by atoms with Gasteiger partial charge in [0, 0.05) is 15.8 Å². The van der Waals surface area contributed by atoms with Crippen LogP contribution < -0.4 is 5.73 Å². The fourth-order valence-corrected chi connectivity index (χ4v) is 3.25. The summed E-state index contributed by atoms with van der Waals surface area (Å²) < 4.78 is 37.7. The highest BCUT2D eigenvalue weighted by atomic mass is 32.1. The van der Waals surface area contributed by atoms with Crippen molar-refractivity contribution in [2.24, 2.45) is 5.73 Å². The van der Waals surface area contributed by atoms with Gasteiger partial charge in [-0.2, -0.15) is 13.2 Å². The molecule has 0 bridgehead atoms. The van der Waals surface area contributed by atoms with Crippen molar-refractivity contribution in [1.29, 1.82) is 0 Å². The third-order valence-corrected chi connectivity index (χ3v) is 3.83. The van der Waals surface area contributed by atoms with Crippen molar-refractivity contribution in [2.45, 2.75) is 37.9 Å². The Morgan fingerprint density at radius 2 is 2.13 bits per heavy atom. The molecule has 2 rings (SSSR count). The van der Waals surface area contributed by atoms with E-state index in [1.54, 1.807) is 0 Å². The first-order valence-corrected chi connectivity index (χ1v) is 5.63. The molecule has 2 N–H and O–H groups in total. The third-order valence-electron chi connectivity index (χ3n) is 2.80. The fourth-order valence-electron chi connectivity index (χ4n) is 1.95. The summed E-state index contributed by atoms with van der Waals surface area (Å²) in [5.41, 5.74) is 5.60. The third kappa shape index (κ3) is 2.03. The summed E-state index contributed by atoms with van der Waals surface area (Å²) in [4.78, 5) is 0.804. The Balaban J connectivity index is 2.39. The molecule has 1 aliphatic rings. The van der Waals surface area contributed by atoms with E-state index in [2.05, 4.69) is 0 Å². The molecule has 0 aromatic carbocycles. The average molecular weight is 235 g/mol. The molecule has 0 saturated heterocycles. The van der Waals surface area contributed by atoms with Crippen LogP contribution in [0, 0.1) is 0 Å². The summed E-state index contributed by atoms with van der Waals surface area (Å²) in [6, 6.07) is 0. The van der Waals surface area contributed by atoms with Crippen molar-refractivity contribution in [2.75, 3.05) is 0 Å². The Morgan fingerprint density at radius 1 is 1.47 bits per heavy atom. The second kappa shape index (κ2) is 3.22. The van der Waals surface area contributed by atoms with Crippen LogP contribution in [0.15, 0.2) is 5.38 Å². The highest BCUT2D eigenvalue weighted by molar-refractivity contribution is 7.10. The van der Waals surface area contributed by atoms with E-state index in [0.717, 1.165) is 4.88 Å². The second-order valence-corrected chi connectivity index (χ2v) is 5.34. The quantitative estimate of drug-likeness (QED) is 0.735. The first kappa shape index (κ1) is 11.0. The minimum Gasteiger partial charge on any atom is -0.325 e. The van der Waals surface area contributed by atoms with Gasteiger partial charge in [0.05, 0.1) is 5.56 Å². The lowest BCUT2D eigenvalue weighted by Crippen LogP contribution is -2.41. The number of fused-ring (bicyclic) bond motifs is 1. The van der Waals surface area contributed by atoms with Crippen LogP contribution in [0.3, 0.4) is 0 Å². The van der Waals surface area contributed by atoms with Crippen molar-refractivity contribution in [1.82, 2.24) is 0 Å². The van der Waals surface area contributed by atoms with E-state index in [-0.39, 0.29) is 5.54 Å².